The van der Waals surface area contributed by atoms with Gasteiger partial charge >= 0.3 is 0 Å². The Morgan fingerprint density at radius 3 is 2.59 bits per heavy atom. The van der Waals surface area contributed by atoms with Gasteiger partial charge in [-0.05, 0) is 60.6 Å². The number of fused-ring (bicyclic) bond motifs is 1. The molecule has 1 aliphatic rings. The van der Waals surface area contributed by atoms with Crippen LogP contribution in [0.25, 0.3) is 0 Å². The number of nitrogens with zero attached hydrogens (tertiary/aromatic N) is 1. The lowest BCUT2D eigenvalue weighted by atomic mass is 9.98. The van der Waals surface area contributed by atoms with Crippen molar-refractivity contribution in [3.05, 3.63) is 65.0 Å². The van der Waals surface area contributed by atoms with Crippen molar-refractivity contribution in [2.45, 2.75) is 38.4 Å². The molecule has 0 saturated heterocycles. The predicted octanol–water partition coefficient (Wildman–Crippen LogP) is 3.65. The maximum absolute atomic E-state index is 12.9. The van der Waals surface area contributed by atoms with Gasteiger partial charge in [-0.2, -0.15) is 0 Å². The number of halogens is 1. The number of nitrogens with one attached hydrogen (secondary N) is 1. The van der Waals surface area contributed by atoms with Crippen LogP contribution in [0, 0.1) is 5.82 Å². The van der Waals surface area contributed by atoms with E-state index < -0.39 is 10.0 Å². The largest absolute Gasteiger partial charge is 0.371 e. The van der Waals surface area contributed by atoms with Crippen molar-refractivity contribution in [3.8, 4) is 0 Å². The molecule has 1 N–H and O–H groups in total. The molecule has 0 bridgehead atoms. The van der Waals surface area contributed by atoms with Crippen molar-refractivity contribution in [1.29, 1.82) is 0 Å². The van der Waals surface area contributed by atoms with Crippen LogP contribution in [-0.2, 0) is 28.6 Å². The predicted molar refractivity (Wildman–Crippen MR) is 108 cm³/mol. The van der Waals surface area contributed by atoms with E-state index in [9.17, 15) is 12.8 Å². The van der Waals surface area contributed by atoms with Crippen LogP contribution in [0.15, 0.2) is 42.5 Å². The summed E-state index contributed by atoms with van der Waals surface area (Å²) in [5.41, 5.74) is 4.41. The maximum Gasteiger partial charge on any atom is 0.215 e. The third-order valence-electron chi connectivity index (χ3n) is 4.86. The van der Waals surface area contributed by atoms with Crippen molar-refractivity contribution >= 4 is 15.7 Å². The average molecular weight is 391 g/mol. The molecule has 3 rings (SSSR count). The highest BCUT2D eigenvalue weighted by Gasteiger charge is 2.16. The summed E-state index contributed by atoms with van der Waals surface area (Å²) >= 11 is 0. The van der Waals surface area contributed by atoms with Gasteiger partial charge in [0.15, 0.2) is 0 Å². The molecule has 0 fully saturated rings. The number of hydrogen-bond donors (Lipinski definition) is 1. The zero-order valence-corrected chi connectivity index (χ0v) is 16.6. The van der Waals surface area contributed by atoms with Gasteiger partial charge in [0.1, 0.15) is 5.82 Å². The highest BCUT2D eigenvalue weighted by atomic mass is 32.2. The van der Waals surface area contributed by atoms with Crippen LogP contribution in [0.3, 0.4) is 0 Å². The second-order valence-corrected chi connectivity index (χ2v) is 8.89. The van der Waals surface area contributed by atoms with E-state index in [1.807, 2.05) is 0 Å². The lowest BCUT2D eigenvalue weighted by Crippen LogP contribution is -2.30. The fourth-order valence-corrected chi connectivity index (χ4v) is 4.73. The van der Waals surface area contributed by atoms with E-state index in [0.29, 0.717) is 18.5 Å². The van der Waals surface area contributed by atoms with Crippen LogP contribution >= 0.6 is 0 Å². The minimum atomic E-state index is -3.43. The van der Waals surface area contributed by atoms with E-state index in [1.54, 1.807) is 0 Å². The molecular formula is C21H27FN2O2S. The summed E-state index contributed by atoms with van der Waals surface area (Å²) in [7, 11) is -3.43. The summed E-state index contributed by atoms with van der Waals surface area (Å²) < 4.78 is 40.0. The van der Waals surface area contributed by atoms with Gasteiger partial charge in [-0.3, -0.25) is 0 Å². The molecule has 146 valence electrons. The minimum Gasteiger partial charge on any atom is -0.371 e. The quantitative estimate of drug-likeness (QED) is 0.749. The lowest BCUT2D eigenvalue weighted by molar-refractivity contribution is 0.580. The number of sulfonamides is 1. The summed E-state index contributed by atoms with van der Waals surface area (Å²) in [6.45, 7) is 4.75. The molecule has 0 aromatic heterocycles. The molecule has 1 aliphatic heterocycles. The van der Waals surface area contributed by atoms with E-state index in [0.717, 1.165) is 31.5 Å². The van der Waals surface area contributed by atoms with E-state index in [-0.39, 0.29) is 11.6 Å². The van der Waals surface area contributed by atoms with Crippen molar-refractivity contribution in [3.63, 3.8) is 0 Å². The zero-order valence-electron chi connectivity index (χ0n) is 15.7. The van der Waals surface area contributed by atoms with Crippen molar-refractivity contribution in [1.82, 2.24) is 4.72 Å². The number of benzene rings is 2. The fraction of sp³-hybridized carbons (Fsp3) is 0.429. The van der Waals surface area contributed by atoms with Gasteiger partial charge < -0.3 is 4.90 Å². The molecule has 0 saturated carbocycles. The summed E-state index contributed by atoms with van der Waals surface area (Å²) in [6, 6.07) is 12.0. The summed E-state index contributed by atoms with van der Waals surface area (Å²) in [5, 5.41) is 0. The molecule has 2 aromatic carbocycles. The molecular weight excluding hydrogens is 363 g/mol. The first kappa shape index (κ1) is 19.8. The second kappa shape index (κ2) is 8.85. The maximum atomic E-state index is 12.9. The van der Waals surface area contributed by atoms with Gasteiger partial charge in [0, 0.05) is 25.3 Å². The Hall–Kier alpha value is -1.92. The summed E-state index contributed by atoms with van der Waals surface area (Å²) in [5.74, 6) is -0.502. The normalized spacial score (nSPS) is 14.2. The molecule has 6 heteroatoms. The van der Waals surface area contributed by atoms with E-state index >= 15 is 0 Å². The Labute approximate surface area is 161 Å². The summed E-state index contributed by atoms with van der Waals surface area (Å²) in [4.78, 5) is 2.44. The lowest BCUT2D eigenvalue weighted by Gasteiger charge is -2.31. The molecule has 0 unspecified atom stereocenters. The number of hydrogen-bond acceptors (Lipinski definition) is 3. The third kappa shape index (κ3) is 5.53. The van der Waals surface area contributed by atoms with Crippen molar-refractivity contribution in [2.24, 2.45) is 0 Å². The SMILES string of the molecule is CCCN1CCCc2cc(CCNS(=O)(=O)Cc3ccc(F)cc3)ccc21. The molecule has 27 heavy (non-hydrogen) atoms. The molecule has 0 spiro atoms. The van der Waals surface area contributed by atoms with E-state index in [2.05, 4.69) is 34.7 Å². The van der Waals surface area contributed by atoms with Crippen molar-refractivity contribution in [2.75, 3.05) is 24.5 Å². The van der Waals surface area contributed by atoms with Gasteiger partial charge in [-0.1, -0.05) is 31.2 Å². The Morgan fingerprint density at radius 2 is 1.85 bits per heavy atom. The second-order valence-electron chi connectivity index (χ2n) is 7.08. The standard InChI is InChI=1S/C21H27FN2O2S/c1-2-13-24-14-3-4-19-15-17(7-10-21(19)24)11-12-23-27(25,26)16-18-5-8-20(22)9-6-18/h5-10,15,23H,2-4,11-14,16H2,1H3. The van der Waals surface area contributed by atoms with Crippen LogP contribution < -0.4 is 9.62 Å². The number of aryl methyl sites for hydroxylation is 1. The minimum absolute atomic E-state index is 0.135. The van der Waals surface area contributed by atoms with Gasteiger partial charge in [0.25, 0.3) is 0 Å². The molecule has 0 aliphatic carbocycles. The van der Waals surface area contributed by atoms with Crippen LogP contribution in [0.4, 0.5) is 10.1 Å². The van der Waals surface area contributed by atoms with Crippen LogP contribution in [0.5, 0.6) is 0 Å². The monoisotopic (exact) mass is 390 g/mol. The zero-order chi connectivity index (χ0) is 19.3. The van der Waals surface area contributed by atoms with E-state index in [4.69, 9.17) is 0 Å². The van der Waals surface area contributed by atoms with Gasteiger partial charge in [-0.15, -0.1) is 0 Å². The van der Waals surface area contributed by atoms with Gasteiger partial charge in [0.2, 0.25) is 10.0 Å². The van der Waals surface area contributed by atoms with Crippen molar-refractivity contribution < 1.29 is 12.8 Å². The molecule has 2 aromatic rings. The fourth-order valence-electron chi connectivity index (χ4n) is 3.59. The molecule has 0 radical (unpaired) electrons. The highest BCUT2D eigenvalue weighted by molar-refractivity contribution is 7.88. The Kier molecular flexibility index (Phi) is 6.50. The molecule has 0 atom stereocenters. The van der Waals surface area contributed by atoms with Gasteiger partial charge in [-0.25, -0.2) is 17.5 Å². The topological polar surface area (TPSA) is 49.4 Å². The highest BCUT2D eigenvalue weighted by Crippen LogP contribution is 2.28. The van der Waals surface area contributed by atoms with Crippen LogP contribution in [-0.4, -0.2) is 28.1 Å². The first-order valence-electron chi connectivity index (χ1n) is 9.55. The average Bonchev–Trinajstić information content (AvgIpc) is 2.64. The first-order chi connectivity index (χ1) is 13.0. The Morgan fingerprint density at radius 1 is 1.11 bits per heavy atom. The molecule has 0 amide bonds. The Balaban J connectivity index is 1.56. The third-order valence-corrected chi connectivity index (χ3v) is 6.22. The first-order valence-corrected chi connectivity index (χ1v) is 11.2. The molecule has 4 nitrogen and oxygen atoms in total. The summed E-state index contributed by atoms with van der Waals surface area (Å²) in [6.07, 6.45) is 4.04. The van der Waals surface area contributed by atoms with Crippen LogP contribution in [0.2, 0.25) is 0 Å². The Bertz CT molecular complexity index is 866. The van der Waals surface area contributed by atoms with Gasteiger partial charge in [0.05, 0.1) is 5.75 Å². The number of anilines is 1. The van der Waals surface area contributed by atoms with E-state index in [1.165, 1.54) is 41.9 Å². The number of rotatable bonds is 8. The smallest absolute Gasteiger partial charge is 0.215 e. The van der Waals surface area contributed by atoms with Crippen LogP contribution in [0.1, 0.15) is 36.5 Å². The molecule has 1 heterocycles.